The summed E-state index contributed by atoms with van der Waals surface area (Å²) in [7, 11) is 1.65. The number of para-hydroxylation sites is 2. The predicted octanol–water partition coefficient (Wildman–Crippen LogP) is 5.14. The van der Waals surface area contributed by atoms with E-state index in [0.29, 0.717) is 57.2 Å². The van der Waals surface area contributed by atoms with Crippen molar-refractivity contribution in [1.29, 1.82) is 0 Å². The topological polar surface area (TPSA) is 98.4 Å². The van der Waals surface area contributed by atoms with Crippen molar-refractivity contribution < 1.29 is 32.2 Å². The van der Waals surface area contributed by atoms with Gasteiger partial charge in [-0.2, -0.15) is 13.2 Å². The quantitative estimate of drug-likeness (QED) is 0.264. The van der Waals surface area contributed by atoms with Crippen molar-refractivity contribution in [1.82, 2.24) is 10.2 Å². The van der Waals surface area contributed by atoms with Crippen molar-refractivity contribution >= 4 is 34.7 Å². The number of nitrogens with one attached hydrogen (secondary N) is 3. The van der Waals surface area contributed by atoms with Crippen LogP contribution in [0.15, 0.2) is 66.7 Å². The highest BCUT2D eigenvalue weighted by Crippen LogP contribution is 2.32. The largest absolute Gasteiger partial charge is 0.495 e. The van der Waals surface area contributed by atoms with Gasteiger partial charge in [-0.05, 0) is 61.5 Å². The number of hydrogen-bond acceptors (Lipinski definition) is 7. The van der Waals surface area contributed by atoms with Crippen molar-refractivity contribution in [3.8, 4) is 5.75 Å². The second-order valence-electron chi connectivity index (χ2n) is 11.1. The molecule has 5 rings (SSSR count). The fourth-order valence-electron chi connectivity index (χ4n) is 5.64. The lowest BCUT2D eigenvalue weighted by atomic mass is 10.1. The van der Waals surface area contributed by atoms with E-state index in [1.54, 1.807) is 25.3 Å². The fourth-order valence-corrected chi connectivity index (χ4v) is 5.64. The van der Waals surface area contributed by atoms with Crippen LogP contribution in [0.25, 0.3) is 0 Å². The van der Waals surface area contributed by atoms with Crippen molar-refractivity contribution in [2.75, 3.05) is 93.1 Å². The number of ether oxygens (including phenoxy) is 2. The standard InChI is InChI=1S/C33H39F3N6O4/c1-45-30-9-3-2-8-29(30)42-16-14-41(15-17-42)28-11-10-26(39-32(44)38-25-7-4-6-24(22-25)33(34,35)36)23-27(28)31(43)37-12-5-13-40-18-20-46-21-19-40/h2-4,6-11,22-23H,5,12-21H2,1H3,(H,37,43)(H2,38,39,44). The number of rotatable bonds is 10. The Morgan fingerprint density at radius 3 is 2.20 bits per heavy atom. The fraction of sp³-hybridized carbons (Fsp3) is 0.394. The lowest BCUT2D eigenvalue weighted by molar-refractivity contribution is -0.137. The van der Waals surface area contributed by atoms with Gasteiger partial charge in [-0.3, -0.25) is 9.69 Å². The molecule has 0 saturated carbocycles. The van der Waals surface area contributed by atoms with Crippen molar-refractivity contribution in [3.05, 3.63) is 77.9 Å². The van der Waals surface area contributed by atoms with Crippen LogP contribution in [0, 0.1) is 0 Å². The molecular formula is C33H39F3N6O4. The SMILES string of the molecule is COc1ccccc1N1CCN(c2ccc(NC(=O)Nc3cccc(C(F)(F)F)c3)cc2C(=O)NCCCN2CCOCC2)CC1. The summed E-state index contributed by atoms with van der Waals surface area (Å²) in [5, 5.41) is 8.12. The van der Waals surface area contributed by atoms with Gasteiger partial charge in [0, 0.05) is 62.9 Å². The van der Waals surface area contributed by atoms with Gasteiger partial charge in [0.05, 0.1) is 37.1 Å². The molecule has 3 aromatic rings. The van der Waals surface area contributed by atoms with E-state index in [9.17, 15) is 22.8 Å². The summed E-state index contributed by atoms with van der Waals surface area (Å²) < 4.78 is 50.3. The van der Waals surface area contributed by atoms with Crippen LogP contribution in [0.4, 0.5) is 40.7 Å². The molecule has 0 radical (unpaired) electrons. The van der Waals surface area contributed by atoms with Crippen LogP contribution >= 0.6 is 0 Å². The number of amides is 3. The molecule has 2 aliphatic rings. The van der Waals surface area contributed by atoms with Gasteiger partial charge in [-0.15, -0.1) is 0 Å². The Hall–Kier alpha value is -4.49. The lowest BCUT2D eigenvalue weighted by Crippen LogP contribution is -2.47. The summed E-state index contributed by atoms with van der Waals surface area (Å²) in [6.07, 6.45) is -3.76. The van der Waals surface area contributed by atoms with Gasteiger partial charge in [0.1, 0.15) is 5.75 Å². The summed E-state index contributed by atoms with van der Waals surface area (Å²) in [6, 6.07) is 16.6. The molecule has 3 aromatic carbocycles. The zero-order valence-electron chi connectivity index (χ0n) is 25.7. The number of carbonyl (C=O) groups excluding carboxylic acids is 2. The zero-order valence-corrected chi connectivity index (χ0v) is 25.7. The first-order valence-corrected chi connectivity index (χ1v) is 15.3. The molecule has 0 aliphatic carbocycles. The number of urea groups is 1. The smallest absolute Gasteiger partial charge is 0.416 e. The van der Waals surface area contributed by atoms with E-state index in [-0.39, 0.29) is 11.6 Å². The van der Waals surface area contributed by atoms with E-state index < -0.39 is 17.8 Å². The Morgan fingerprint density at radius 2 is 1.50 bits per heavy atom. The number of anilines is 4. The highest BCUT2D eigenvalue weighted by molar-refractivity contribution is 6.04. The van der Waals surface area contributed by atoms with Gasteiger partial charge < -0.3 is 35.2 Å². The number of benzene rings is 3. The molecule has 0 aromatic heterocycles. The molecule has 2 heterocycles. The third-order valence-electron chi connectivity index (χ3n) is 8.03. The molecule has 2 saturated heterocycles. The maximum absolute atomic E-state index is 13.6. The molecule has 0 spiro atoms. The van der Waals surface area contributed by atoms with Crippen molar-refractivity contribution in [2.45, 2.75) is 12.6 Å². The molecule has 2 fully saturated rings. The molecule has 246 valence electrons. The molecule has 46 heavy (non-hydrogen) atoms. The number of alkyl halides is 3. The van der Waals surface area contributed by atoms with E-state index in [2.05, 4.69) is 30.7 Å². The lowest BCUT2D eigenvalue weighted by Gasteiger charge is -2.38. The summed E-state index contributed by atoms with van der Waals surface area (Å²) in [4.78, 5) is 33.0. The second kappa shape index (κ2) is 15.2. The minimum Gasteiger partial charge on any atom is -0.495 e. The van der Waals surface area contributed by atoms with E-state index in [0.717, 1.165) is 55.3 Å². The second-order valence-corrected chi connectivity index (χ2v) is 11.1. The summed E-state index contributed by atoms with van der Waals surface area (Å²) in [5.41, 5.74) is 1.60. The Morgan fingerprint density at radius 1 is 0.826 bits per heavy atom. The Labute approximate surface area is 266 Å². The molecule has 0 bridgehead atoms. The number of carbonyl (C=O) groups is 2. The van der Waals surface area contributed by atoms with Gasteiger partial charge in [0.2, 0.25) is 0 Å². The highest BCUT2D eigenvalue weighted by atomic mass is 19.4. The first-order chi connectivity index (χ1) is 22.2. The molecule has 10 nitrogen and oxygen atoms in total. The molecule has 0 unspecified atom stereocenters. The van der Waals surface area contributed by atoms with Crippen LogP contribution in [0.5, 0.6) is 5.75 Å². The normalized spacial score (nSPS) is 15.7. The number of halogens is 3. The van der Waals surface area contributed by atoms with Crippen LogP contribution in [0.2, 0.25) is 0 Å². The van der Waals surface area contributed by atoms with E-state index >= 15 is 0 Å². The van der Waals surface area contributed by atoms with Gasteiger partial charge in [-0.1, -0.05) is 18.2 Å². The third-order valence-corrected chi connectivity index (χ3v) is 8.03. The number of morpholine rings is 1. The number of methoxy groups -OCH3 is 1. The first kappa shape index (κ1) is 32.9. The molecule has 13 heteroatoms. The Balaban J connectivity index is 1.28. The number of piperazine rings is 1. The average molecular weight is 641 g/mol. The monoisotopic (exact) mass is 640 g/mol. The molecule has 3 amide bonds. The molecular weight excluding hydrogens is 601 g/mol. The Kier molecular flexibility index (Phi) is 10.9. The third kappa shape index (κ3) is 8.61. The van der Waals surface area contributed by atoms with Crippen LogP contribution in [-0.2, 0) is 10.9 Å². The summed E-state index contributed by atoms with van der Waals surface area (Å²) in [5.74, 6) is 0.526. The van der Waals surface area contributed by atoms with Gasteiger partial charge >= 0.3 is 12.2 Å². The van der Waals surface area contributed by atoms with Gasteiger partial charge in [0.25, 0.3) is 5.91 Å². The Bertz CT molecular complexity index is 1490. The number of hydrogen-bond donors (Lipinski definition) is 3. The molecule has 2 aliphatic heterocycles. The van der Waals surface area contributed by atoms with Crippen LogP contribution in [-0.4, -0.2) is 89.5 Å². The average Bonchev–Trinajstić information content (AvgIpc) is 3.07. The first-order valence-electron chi connectivity index (χ1n) is 15.3. The minimum atomic E-state index is -4.53. The van der Waals surface area contributed by atoms with E-state index in [1.165, 1.54) is 12.1 Å². The molecule has 0 atom stereocenters. The highest BCUT2D eigenvalue weighted by Gasteiger charge is 2.30. The van der Waals surface area contributed by atoms with E-state index in [4.69, 9.17) is 9.47 Å². The van der Waals surface area contributed by atoms with Gasteiger partial charge in [-0.25, -0.2) is 4.79 Å². The maximum Gasteiger partial charge on any atom is 0.416 e. The maximum atomic E-state index is 13.6. The number of nitrogens with zero attached hydrogens (tertiary/aromatic N) is 3. The van der Waals surface area contributed by atoms with E-state index in [1.807, 2.05) is 24.3 Å². The van der Waals surface area contributed by atoms with Gasteiger partial charge in [0.15, 0.2) is 0 Å². The zero-order chi connectivity index (χ0) is 32.5. The van der Waals surface area contributed by atoms with Crippen LogP contribution in [0.3, 0.4) is 0 Å². The van der Waals surface area contributed by atoms with Crippen molar-refractivity contribution in [2.24, 2.45) is 0 Å². The summed E-state index contributed by atoms with van der Waals surface area (Å²) >= 11 is 0. The molecule has 3 N–H and O–H groups in total. The van der Waals surface area contributed by atoms with Crippen molar-refractivity contribution in [3.63, 3.8) is 0 Å². The summed E-state index contributed by atoms with van der Waals surface area (Å²) in [6.45, 7) is 7.20. The van der Waals surface area contributed by atoms with Crippen LogP contribution < -0.4 is 30.5 Å². The minimum absolute atomic E-state index is 0.00454. The predicted molar refractivity (Wildman–Crippen MR) is 172 cm³/mol. The van der Waals surface area contributed by atoms with Crippen LogP contribution in [0.1, 0.15) is 22.3 Å².